The van der Waals surface area contributed by atoms with Gasteiger partial charge < -0.3 is 10.2 Å². The van der Waals surface area contributed by atoms with Crippen LogP contribution in [0.5, 0.6) is 0 Å². The first-order chi connectivity index (χ1) is 10.6. The Bertz CT molecular complexity index is 548. The molecule has 1 unspecified atom stereocenters. The Morgan fingerprint density at radius 2 is 2.18 bits per heavy atom. The number of aryl methyl sites for hydroxylation is 1. The van der Waals surface area contributed by atoms with Crippen LogP contribution in [-0.4, -0.2) is 45.6 Å². The summed E-state index contributed by atoms with van der Waals surface area (Å²) in [6.45, 7) is 3.51. The summed E-state index contributed by atoms with van der Waals surface area (Å²) >= 11 is 0. The van der Waals surface area contributed by atoms with Gasteiger partial charge in [-0.25, -0.2) is 0 Å². The van der Waals surface area contributed by atoms with E-state index < -0.39 is 0 Å². The Hall–Kier alpha value is -1.85. The highest BCUT2D eigenvalue weighted by molar-refractivity contribution is 5.79. The molecular weight excluding hydrogens is 280 g/mol. The lowest BCUT2D eigenvalue weighted by Gasteiger charge is -2.24. The lowest BCUT2D eigenvalue weighted by molar-refractivity contribution is -0.129. The first-order valence-electron chi connectivity index (χ1n) is 8.18. The van der Waals surface area contributed by atoms with Gasteiger partial charge in [-0.2, -0.15) is 5.10 Å². The molecular formula is C16H24N4O2. The summed E-state index contributed by atoms with van der Waals surface area (Å²) in [6, 6.07) is 2.32. The zero-order valence-corrected chi connectivity index (χ0v) is 13.1. The van der Waals surface area contributed by atoms with Crippen molar-refractivity contribution < 1.29 is 9.59 Å². The summed E-state index contributed by atoms with van der Waals surface area (Å²) in [7, 11) is 0. The third kappa shape index (κ3) is 3.48. The number of nitrogens with zero attached hydrogens (tertiary/aromatic N) is 3. The molecule has 0 radical (unpaired) electrons. The van der Waals surface area contributed by atoms with Crippen LogP contribution in [-0.2, 0) is 16.1 Å². The molecule has 1 saturated carbocycles. The van der Waals surface area contributed by atoms with Crippen LogP contribution in [0.4, 0.5) is 0 Å². The molecule has 1 aromatic rings. The SMILES string of the molecule is Cc1ccn(CC(=O)NCC2CC(=O)N(C3CCCC3)C2)n1. The molecule has 2 heterocycles. The highest BCUT2D eigenvalue weighted by Crippen LogP contribution is 2.29. The van der Waals surface area contributed by atoms with Gasteiger partial charge in [0.1, 0.15) is 6.54 Å². The zero-order valence-electron chi connectivity index (χ0n) is 13.1. The van der Waals surface area contributed by atoms with Gasteiger partial charge in [-0.15, -0.1) is 0 Å². The molecule has 120 valence electrons. The van der Waals surface area contributed by atoms with Crippen LogP contribution < -0.4 is 5.32 Å². The maximum absolute atomic E-state index is 12.1. The molecule has 2 fully saturated rings. The molecule has 0 bridgehead atoms. The number of amides is 2. The summed E-state index contributed by atoms with van der Waals surface area (Å²) in [4.78, 5) is 26.1. The predicted molar refractivity (Wildman–Crippen MR) is 82.0 cm³/mol. The van der Waals surface area contributed by atoms with Crippen LogP contribution in [0.15, 0.2) is 12.3 Å². The molecule has 6 heteroatoms. The van der Waals surface area contributed by atoms with E-state index in [1.165, 1.54) is 12.8 Å². The number of likely N-dealkylation sites (tertiary alicyclic amines) is 1. The molecule has 1 atom stereocenters. The van der Waals surface area contributed by atoms with Crippen molar-refractivity contribution in [3.05, 3.63) is 18.0 Å². The molecule has 2 amide bonds. The van der Waals surface area contributed by atoms with Gasteiger partial charge in [0.05, 0.1) is 5.69 Å². The summed E-state index contributed by atoms with van der Waals surface area (Å²) in [6.07, 6.45) is 7.12. The first kappa shape index (κ1) is 15.1. The Kier molecular flexibility index (Phi) is 4.45. The third-order valence-electron chi connectivity index (χ3n) is 4.67. The number of aromatic nitrogens is 2. The summed E-state index contributed by atoms with van der Waals surface area (Å²) in [5, 5.41) is 7.14. The minimum absolute atomic E-state index is 0.0464. The quantitative estimate of drug-likeness (QED) is 0.886. The largest absolute Gasteiger partial charge is 0.354 e. The van der Waals surface area contributed by atoms with Crippen LogP contribution in [0.3, 0.4) is 0 Å². The molecule has 1 N–H and O–H groups in total. The maximum atomic E-state index is 12.1. The molecule has 0 spiro atoms. The predicted octanol–water partition coefficient (Wildman–Crippen LogP) is 1.10. The lowest BCUT2D eigenvalue weighted by atomic mass is 10.1. The van der Waals surface area contributed by atoms with Crippen molar-refractivity contribution in [3.8, 4) is 0 Å². The van der Waals surface area contributed by atoms with Gasteiger partial charge in [0, 0.05) is 37.7 Å². The zero-order chi connectivity index (χ0) is 15.5. The number of hydrogen-bond acceptors (Lipinski definition) is 3. The van der Waals surface area contributed by atoms with E-state index in [2.05, 4.69) is 10.4 Å². The molecule has 6 nitrogen and oxygen atoms in total. The second kappa shape index (κ2) is 6.50. The summed E-state index contributed by atoms with van der Waals surface area (Å²) < 4.78 is 1.63. The number of hydrogen-bond donors (Lipinski definition) is 1. The Morgan fingerprint density at radius 3 is 2.86 bits per heavy atom. The normalized spacial score (nSPS) is 22.5. The monoisotopic (exact) mass is 304 g/mol. The van der Waals surface area contributed by atoms with Crippen LogP contribution in [0, 0.1) is 12.8 Å². The number of carbonyl (C=O) groups is 2. The molecule has 3 rings (SSSR count). The second-order valence-corrected chi connectivity index (χ2v) is 6.51. The van der Waals surface area contributed by atoms with E-state index in [0.29, 0.717) is 19.0 Å². The topological polar surface area (TPSA) is 67.2 Å². The fourth-order valence-electron chi connectivity index (χ4n) is 3.53. The van der Waals surface area contributed by atoms with Crippen LogP contribution in [0.1, 0.15) is 37.8 Å². The van der Waals surface area contributed by atoms with Gasteiger partial charge >= 0.3 is 0 Å². The van der Waals surface area contributed by atoms with Gasteiger partial charge in [0.2, 0.25) is 11.8 Å². The standard InChI is InChI=1S/C16H24N4O2/c1-12-6-7-19(18-12)11-15(21)17-9-13-8-16(22)20(10-13)14-4-2-3-5-14/h6-7,13-14H,2-5,8-11H2,1H3,(H,17,21). The smallest absolute Gasteiger partial charge is 0.241 e. The fraction of sp³-hybridized carbons (Fsp3) is 0.688. The van der Waals surface area contributed by atoms with E-state index in [1.54, 1.807) is 10.9 Å². The van der Waals surface area contributed by atoms with Gasteiger partial charge in [0.25, 0.3) is 0 Å². The van der Waals surface area contributed by atoms with E-state index in [4.69, 9.17) is 0 Å². The van der Waals surface area contributed by atoms with Gasteiger partial charge in [-0.05, 0) is 25.8 Å². The van der Waals surface area contributed by atoms with Crippen molar-refractivity contribution in [1.82, 2.24) is 20.0 Å². The molecule has 1 aliphatic heterocycles. The van der Waals surface area contributed by atoms with Gasteiger partial charge in [-0.1, -0.05) is 12.8 Å². The van der Waals surface area contributed by atoms with E-state index in [1.807, 2.05) is 17.9 Å². The average Bonchev–Trinajstić information content (AvgIpc) is 3.18. The second-order valence-electron chi connectivity index (χ2n) is 6.51. The minimum Gasteiger partial charge on any atom is -0.354 e. The van der Waals surface area contributed by atoms with Gasteiger partial charge in [0.15, 0.2) is 0 Å². The van der Waals surface area contributed by atoms with Crippen LogP contribution >= 0.6 is 0 Å². The lowest BCUT2D eigenvalue weighted by Crippen LogP contribution is -2.36. The van der Waals surface area contributed by atoms with E-state index in [0.717, 1.165) is 25.1 Å². The molecule has 22 heavy (non-hydrogen) atoms. The third-order valence-corrected chi connectivity index (χ3v) is 4.67. The van der Waals surface area contributed by atoms with E-state index in [-0.39, 0.29) is 24.3 Å². The average molecular weight is 304 g/mol. The van der Waals surface area contributed by atoms with Crippen molar-refractivity contribution in [2.45, 2.75) is 51.6 Å². The summed E-state index contributed by atoms with van der Waals surface area (Å²) in [5.74, 6) is 0.458. The van der Waals surface area contributed by atoms with E-state index in [9.17, 15) is 9.59 Å². The molecule has 1 aromatic heterocycles. The van der Waals surface area contributed by atoms with Crippen molar-refractivity contribution in [1.29, 1.82) is 0 Å². The van der Waals surface area contributed by atoms with Gasteiger partial charge in [-0.3, -0.25) is 14.3 Å². The fourth-order valence-corrected chi connectivity index (χ4v) is 3.53. The highest BCUT2D eigenvalue weighted by Gasteiger charge is 2.35. The van der Waals surface area contributed by atoms with Crippen molar-refractivity contribution in [2.75, 3.05) is 13.1 Å². The van der Waals surface area contributed by atoms with Crippen molar-refractivity contribution >= 4 is 11.8 Å². The van der Waals surface area contributed by atoms with Crippen LogP contribution in [0.2, 0.25) is 0 Å². The van der Waals surface area contributed by atoms with Crippen molar-refractivity contribution in [2.24, 2.45) is 5.92 Å². The number of nitrogens with one attached hydrogen (secondary N) is 1. The number of carbonyl (C=O) groups excluding carboxylic acids is 2. The Morgan fingerprint density at radius 1 is 1.41 bits per heavy atom. The summed E-state index contributed by atoms with van der Waals surface area (Å²) in [5.41, 5.74) is 0.904. The highest BCUT2D eigenvalue weighted by atomic mass is 16.2. The number of rotatable bonds is 5. The van der Waals surface area contributed by atoms with Crippen molar-refractivity contribution in [3.63, 3.8) is 0 Å². The first-order valence-corrected chi connectivity index (χ1v) is 8.18. The molecule has 2 aliphatic rings. The molecule has 1 saturated heterocycles. The molecule has 0 aromatic carbocycles. The Balaban J connectivity index is 1.44. The maximum Gasteiger partial charge on any atom is 0.241 e. The van der Waals surface area contributed by atoms with Crippen LogP contribution in [0.25, 0.3) is 0 Å². The Labute approximate surface area is 130 Å². The molecule has 1 aliphatic carbocycles. The minimum atomic E-state index is -0.0464. The van der Waals surface area contributed by atoms with E-state index >= 15 is 0 Å².